The zero-order valence-electron chi connectivity index (χ0n) is 11.0. The number of benzene rings is 1. The maximum atomic E-state index is 13.5. The molecule has 0 bridgehead atoms. The molecule has 0 fully saturated rings. The number of nitrogens with one attached hydrogen (secondary N) is 1. The van der Waals surface area contributed by atoms with E-state index in [0.717, 1.165) is 12.1 Å². The molecule has 106 valence electrons. The number of carbonyl (C=O) groups is 1. The highest BCUT2D eigenvalue weighted by Crippen LogP contribution is 2.17. The monoisotopic (exact) mass is 272 g/mol. The molecule has 0 radical (unpaired) electrons. The van der Waals surface area contributed by atoms with Crippen LogP contribution in [0.25, 0.3) is 0 Å². The van der Waals surface area contributed by atoms with Gasteiger partial charge in [0.1, 0.15) is 11.6 Å². The van der Waals surface area contributed by atoms with Crippen molar-refractivity contribution in [1.29, 1.82) is 0 Å². The van der Waals surface area contributed by atoms with E-state index < -0.39 is 29.6 Å². The third kappa shape index (κ3) is 4.57. The van der Waals surface area contributed by atoms with Crippen LogP contribution in [-0.4, -0.2) is 25.7 Å². The Kier molecular flexibility index (Phi) is 5.85. The lowest BCUT2D eigenvalue weighted by molar-refractivity contribution is -0.123. The first-order valence-corrected chi connectivity index (χ1v) is 5.95. The molecular weight excluding hydrogens is 254 g/mol. The van der Waals surface area contributed by atoms with E-state index in [-0.39, 0.29) is 5.56 Å². The number of amides is 1. The second-order valence-corrected chi connectivity index (χ2v) is 4.28. The Labute approximate surface area is 110 Å². The number of rotatable bonds is 6. The Hall–Kier alpha value is -1.53. The topological polar surface area (TPSA) is 64.3 Å². The summed E-state index contributed by atoms with van der Waals surface area (Å²) in [6.07, 6.45) is 0.376. The van der Waals surface area contributed by atoms with Gasteiger partial charge in [-0.3, -0.25) is 4.79 Å². The van der Waals surface area contributed by atoms with Crippen LogP contribution in [0.4, 0.5) is 8.78 Å². The fraction of sp³-hybridized carbons (Fsp3) is 0.462. The Morgan fingerprint density at radius 3 is 2.74 bits per heavy atom. The molecule has 6 heteroatoms. The van der Waals surface area contributed by atoms with Crippen LogP contribution in [-0.2, 0) is 9.53 Å². The second-order valence-electron chi connectivity index (χ2n) is 4.28. The number of hydrogen-bond acceptors (Lipinski definition) is 3. The summed E-state index contributed by atoms with van der Waals surface area (Å²) in [6, 6.07) is 1.93. The number of carbonyl (C=O) groups excluding carboxylic acids is 1. The summed E-state index contributed by atoms with van der Waals surface area (Å²) >= 11 is 0. The molecule has 3 N–H and O–H groups in total. The number of nitrogens with two attached hydrogens (primary N) is 1. The zero-order chi connectivity index (χ0) is 14.4. The Bertz CT molecular complexity index is 441. The van der Waals surface area contributed by atoms with E-state index in [1.165, 1.54) is 13.2 Å². The average molecular weight is 272 g/mol. The van der Waals surface area contributed by atoms with E-state index in [9.17, 15) is 13.6 Å². The van der Waals surface area contributed by atoms with Crippen molar-refractivity contribution in [3.63, 3.8) is 0 Å². The number of ether oxygens (including phenoxy) is 1. The van der Waals surface area contributed by atoms with Crippen molar-refractivity contribution in [1.82, 2.24) is 5.32 Å². The van der Waals surface area contributed by atoms with Crippen LogP contribution in [0.5, 0.6) is 0 Å². The fourth-order valence-corrected chi connectivity index (χ4v) is 1.63. The van der Waals surface area contributed by atoms with Gasteiger partial charge in [0.15, 0.2) is 0 Å². The van der Waals surface area contributed by atoms with Crippen molar-refractivity contribution in [2.75, 3.05) is 13.7 Å². The van der Waals surface area contributed by atoms with Crippen molar-refractivity contribution in [3.05, 3.63) is 35.4 Å². The molecule has 2 atom stereocenters. The first kappa shape index (κ1) is 15.5. The molecule has 0 spiro atoms. The van der Waals surface area contributed by atoms with E-state index >= 15 is 0 Å². The maximum Gasteiger partial charge on any atom is 0.237 e. The van der Waals surface area contributed by atoms with Gasteiger partial charge in [-0.2, -0.15) is 0 Å². The molecule has 19 heavy (non-hydrogen) atoms. The molecule has 1 aromatic carbocycles. The quantitative estimate of drug-likeness (QED) is 0.825. The van der Waals surface area contributed by atoms with Crippen molar-refractivity contribution in [3.8, 4) is 0 Å². The molecule has 0 aliphatic carbocycles. The summed E-state index contributed by atoms with van der Waals surface area (Å²) in [5.74, 6) is -1.75. The van der Waals surface area contributed by atoms with E-state index in [1.807, 2.05) is 0 Å². The molecule has 0 saturated heterocycles. The summed E-state index contributed by atoms with van der Waals surface area (Å²) in [6.45, 7) is 1.98. The minimum atomic E-state index is -0.717. The molecule has 0 aliphatic rings. The summed E-state index contributed by atoms with van der Waals surface area (Å²) in [4.78, 5) is 11.7. The minimum absolute atomic E-state index is 0.216. The van der Waals surface area contributed by atoms with Crippen LogP contribution < -0.4 is 11.1 Å². The van der Waals surface area contributed by atoms with E-state index in [2.05, 4.69) is 5.32 Å². The predicted octanol–water partition coefficient (Wildman–Crippen LogP) is 1.51. The van der Waals surface area contributed by atoms with Gasteiger partial charge in [0.2, 0.25) is 5.91 Å². The second kappa shape index (κ2) is 7.16. The molecule has 2 unspecified atom stereocenters. The van der Waals surface area contributed by atoms with Crippen LogP contribution in [0, 0.1) is 11.6 Å². The summed E-state index contributed by atoms with van der Waals surface area (Å²) < 4.78 is 31.1. The van der Waals surface area contributed by atoms with Crippen molar-refractivity contribution >= 4 is 5.91 Å². The molecule has 1 amide bonds. The van der Waals surface area contributed by atoms with E-state index in [1.54, 1.807) is 6.92 Å². The summed E-state index contributed by atoms with van der Waals surface area (Å²) in [7, 11) is 1.52. The predicted molar refractivity (Wildman–Crippen MR) is 67.4 cm³/mol. The third-order valence-electron chi connectivity index (χ3n) is 2.76. The molecule has 4 nitrogen and oxygen atoms in total. The number of methoxy groups -OCH3 is 1. The largest absolute Gasteiger partial charge is 0.385 e. The first-order chi connectivity index (χ1) is 8.95. The van der Waals surface area contributed by atoms with Gasteiger partial charge in [0.25, 0.3) is 0 Å². The normalized spacial score (nSPS) is 13.9. The fourth-order valence-electron chi connectivity index (χ4n) is 1.63. The standard InChI is InChI=1S/C13H18F2N2O2/c1-8(10-4-3-9(14)7-11(10)15)17-13(18)12(16)5-6-19-2/h3-4,7-8,12H,5-6,16H2,1-2H3,(H,17,18). The van der Waals surface area contributed by atoms with Gasteiger partial charge in [-0.1, -0.05) is 6.07 Å². The molecule has 1 rings (SSSR count). The Morgan fingerprint density at radius 1 is 1.47 bits per heavy atom. The average Bonchev–Trinajstić information content (AvgIpc) is 2.35. The number of halogens is 2. The molecule has 0 aliphatic heterocycles. The van der Waals surface area contributed by atoms with E-state index in [0.29, 0.717) is 13.0 Å². The van der Waals surface area contributed by atoms with E-state index in [4.69, 9.17) is 10.5 Å². The van der Waals surface area contributed by atoms with Gasteiger partial charge in [0.05, 0.1) is 12.1 Å². The van der Waals surface area contributed by atoms with Gasteiger partial charge in [-0.05, 0) is 19.4 Å². The summed E-state index contributed by atoms with van der Waals surface area (Å²) in [5, 5.41) is 2.58. The lowest BCUT2D eigenvalue weighted by atomic mass is 10.1. The van der Waals surface area contributed by atoms with Gasteiger partial charge in [0, 0.05) is 25.3 Å². The van der Waals surface area contributed by atoms with Crippen LogP contribution >= 0.6 is 0 Å². The smallest absolute Gasteiger partial charge is 0.237 e. The van der Waals surface area contributed by atoms with Gasteiger partial charge >= 0.3 is 0 Å². The maximum absolute atomic E-state index is 13.5. The SMILES string of the molecule is COCCC(N)C(=O)NC(C)c1ccc(F)cc1F. The lowest BCUT2D eigenvalue weighted by Crippen LogP contribution is -2.42. The highest BCUT2D eigenvalue weighted by atomic mass is 19.1. The van der Waals surface area contributed by atoms with Crippen molar-refractivity contribution in [2.45, 2.75) is 25.4 Å². The summed E-state index contributed by atoms with van der Waals surface area (Å²) in [5.41, 5.74) is 5.86. The molecule has 0 saturated carbocycles. The van der Waals surface area contributed by atoms with Gasteiger partial charge in [-0.15, -0.1) is 0 Å². The highest BCUT2D eigenvalue weighted by molar-refractivity contribution is 5.81. The molecule has 0 heterocycles. The third-order valence-corrected chi connectivity index (χ3v) is 2.76. The lowest BCUT2D eigenvalue weighted by Gasteiger charge is -2.18. The number of hydrogen-bond donors (Lipinski definition) is 2. The zero-order valence-corrected chi connectivity index (χ0v) is 11.0. The van der Waals surface area contributed by atoms with Crippen molar-refractivity contribution < 1.29 is 18.3 Å². The van der Waals surface area contributed by atoms with Gasteiger partial charge < -0.3 is 15.8 Å². The minimum Gasteiger partial charge on any atom is -0.385 e. The Morgan fingerprint density at radius 2 is 2.16 bits per heavy atom. The Balaban J connectivity index is 2.63. The highest BCUT2D eigenvalue weighted by Gasteiger charge is 2.18. The van der Waals surface area contributed by atoms with Crippen LogP contribution in [0.3, 0.4) is 0 Å². The molecule has 0 aromatic heterocycles. The molecule has 1 aromatic rings. The van der Waals surface area contributed by atoms with Crippen LogP contribution in [0.2, 0.25) is 0 Å². The van der Waals surface area contributed by atoms with Crippen LogP contribution in [0.15, 0.2) is 18.2 Å². The van der Waals surface area contributed by atoms with Crippen molar-refractivity contribution in [2.24, 2.45) is 5.73 Å². The van der Waals surface area contributed by atoms with Crippen LogP contribution in [0.1, 0.15) is 24.9 Å². The molecular formula is C13H18F2N2O2. The van der Waals surface area contributed by atoms with Gasteiger partial charge in [-0.25, -0.2) is 8.78 Å². The first-order valence-electron chi connectivity index (χ1n) is 5.95.